The van der Waals surface area contributed by atoms with Crippen LogP contribution < -0.4 is 5.32 Å². The molecule has 0 spiro atoms. The number of hydrogen-bond acceptors (Lipinski definition) is 3. The largest absolute Gasteiger partial charge is 0.376 e. The van der Waals surface area contributed by atoms with Gasteiger partial charge in [-0.3, -0.25) is 4.90 Å². The molecule has 0 saturated carbocycles. The highest BCUT2D eigenvalue weighted by Gasteiger charge is 2.37. The second kappa shape index (κ2) is 7.34. The first kappa shape index (κ1) is 15.6. The summed E-state index contributed by atoms with van der Waals surface area (Å²) in [5, 5.41) is 3.23. The summed E-state index contributed by atoms with van der Waals surface area (Å²) in [7, 11) is 0. The molecule has 3 aliphatic heterocycles. The van der Waals surface area contributed by atoms with Gasteiger partial charge in [0.1, 0.15) is 0 Å². The van der Waals surface area contributed by atoms with Crippen LogP contribution in [0.3, 0.4) is 0 Å². The van der Waals surface area contributed by atoms with Gasteiger partial charge in [0.05, 0.1) is 12.6 Å². The third kappa shape index (κ3) is 3.56. The summed E-state index contributed by atoms with van der Waals surface area (Å²) in [6.07, 6.45) is 12.5. The Morgan fingerprint density at radius 3 is 2.95 bits per heavy atom. The third-order valence-corrected chi connectivity index (χ3v) is 5.18. The lowest BCUT2D eigenvalue weighted by Gasteiger charge is -2.33. The standard InChI is InChI=1S/C17H27N3O2/c1-2-9-20(13-14-6-5-12-22-14)17(21)18-15-8-11-19-10-4-3-7-16(15)19/h1,14-16H,3-13H2,(H,18,21)/t14-,15-,16+/m0/s1. The zero-order valence-electron chi connectivity index (χ0n) is 13.3. The molecule has 5 heteroatoms. The molecular weight excluding hydrogens is 278 g/mol. The van der Waals surface area contributed by atoms with E-state index in [1.165, 1.54) is 25.8 Å². The van der Waals surface area contributed by atoms with Crippen LogP contribution in [0.25, 0.3) is 0 Å². The van der Waals surface area contributed by atoms with E-state index in [2.05, 4.69) is 16.1 Å². The normalized spacial score (nSPS) is 31.5. The van der Waals surface area contributed by atoms with Crippen molar-refractivity contribution in [2.24, 2.45) is 0 Å². The fraction of sp³-hybridized carbons (Fsp3) is 0.824. The molecule has 1 N–H and O–H groups in total. The van der Waals surface area contributed by atoms with Crippen LogP contribution in [-0.2, 0) is 4.74 Å². The number of terminal acetylenes is 1. The van der Waals surface area contributed by atoms with Crippen molar-refractivity contribution in [1.82, 2.24) is 15.1 Å². The number of amides is 2. The number of carbonyl (C=O) groups is 1. The maximum atomic E-state index is 12.6. The van der Waals surface area contributed by atoms with Gasteiger partial charge in [-0.05, 0) is 38.6 Å². The molecular formula is C17H27N3O2. The van der Waals surface area contributed by atoms with Gasteiger partial charge in [-0.15, -0.1) is 6.42 Å². The maximum Gasteiger partial charge on any atom is 0.318 e. The molecule has 0 aromatic carbocycles. The second-order valence-corrected chi connectivity index (χ2v) is 6.66. The van der Waals surface area contributed by atoms with Crippen LogP contribution in [-0.4, -0.2) is 66.8 Å². The van der Waals surface area contributed by atoms with E-state index in [1.54, 1.807) is 4.90 Å². The molecule has 5 nitrogen and oxygen atoms in total. The van der Waals surface area contributed by atoms with Gasteiger partial charge >= 0.3 is 6.03 Å². The molecule has 0 radical (unpaired) electrons. The first-order valence-corrected chi connectivity index (χ1v) is 8.62. The third-order valence-electron chi connectivity index (χ3n) is 5.18. The number of hydrogen-bond donors (Lipinski definition) is 1. The highest BCUT2D eigenvalue weighted by Crippen LogP contribution is 2.27. The van der Waals surface area contributed by atoms with Gasteiger partial charge in [0, 0.05) is 31.8 Å². The number of nitrogens with zero attached hydrogens (tertiary/aromatic N) is 2. The molecule has 2 amide bonds. The van der Waals surface area contributed by atoms with Crippen LogP contribution in [0.15, 0.2) is 0 Å². The molecule has 3 rings (SSSR count). The van der Waals surface area contributed by atoms with Crippen molar-refractivity contribution in [1.29, 1.82) is 0 Å². The summed E-state index contributed by atoms with van der Waals surface area (Å²) in [6.45, 7) is 4.05. The van der Waals surface area contributed by atoms with E-state index in [0.717, 1.165) is 32.4 Å². The molecule has 0 unspecified atom stereocenters. The minimum absolute atomic E-state index is 0.0223. The first-order chi connectivity index (χ1) is 10.8. The molecule has 3 aliphatic rings. The van der Waals surface area contributed by atoms with E-state index in [0.29, 0.717) is 19.1 Å². The molecule has 3 fully saturated rings. The second-order valence-electron chi connectivity index (χ2n) is 6.66. The number of ether oxygens (including phenoxy) is 1. The van der Waals surface area contributed by atoms with Crippen molar-refractivity contribution in [2.75, 3.05) is 32.8 Å². The zero-order valence-corrected chi connectivity index (χ0v) is 13.3. The van der Waals surface area contributed by atoms with E-state index in [9.17, 15) is 4.79 Å². The lowest BCUT2D eigenvalue weighted by atomic mass is 9.99. The Hall–Kier alpha value is -1.25. The van der Waals surface area contributed by atoms with Crippen molar-refractivity contribution in [2.45, 2.75) is 56.7 Å². The van der Waals surface area contributed by atoms with E-state index >= 15 is 0 Å². The smallest absolute Gasteiger partial charge is 0.318 e. The summed E-state index contributed by atoms with van der Waals surface area (Å²) in [6, 6.07) is 0.775. The van der Waals surface area contributed by atoms with Crippen molar-refractivity contribution >= 4 is 6.03 Å². The van der Waals surface area contributed by atoms with Crippen molar-refractivity contribution in [3.63, 3.8) is 0 Å². The van der Waals surface area contributed by atoms with Gasteiger partial charge in [0.15, 0.2) is 0 Å². The minimum atomic E-state index is -0.0223. The van der Waals surface area contributed by atoms with Gasteiger partial charge in [-0.25, -0.2) is 4.79 Å². The van der Waals surface area contributed by atoms with Gasteiger partial charge in [0.25, 0.3) is 0 Å². The maximum absolute atomic E-state index is 12.6. The zero-order chi connectivity index (χ0) is 15.4. The Balaban J connectivity index is 1.55. The number of carbonyl (C=O) groups excluding carboxylic acids is 1. The molecule has 3 heterocycles. The van der Waals surface area contributed by atoms with Gasteiger partial charge < -0.3 is 15.0 Å². The number of piperidine rings is 1. The van der Waals surface area contributed by atoms with E-state index in [4.69, 9.17) is 11.2 Å². The SMILES string of the molecule is C#CCN(C[C@@H]1CCCO1)C(=O)N[C@H]1CCN2CCCC[C@H]12. The van der Waals surface area contributed by atoms with Gasteiger partial charge in [-0.1, -0.05) is 12.3 Å². The number of fused-ring (bicyclic) bond motifs is 1. The summed E-state index contributed by atoms with van der Waals surface area (Å²) in [4.78, 5) is 16.9. The Morgan fingerprint density at radius 1 is 1.27 bits per heavy atom. The highest BCUT2D eigenvalue weighted by molar-refractivity contribution is 5.75. The van der Waals surface area contributed by atoms with Crippen LogP contribution >= 0.6 is 0 Å². The lowest BCUT2D eigenvalue weighted by Crippen LogP contribution is -2.52. The average molecular weight is 305 g/mol. The van der Waals surface area contributed by atoms with Crippen LogP contribution in [0, 0.1) is 12.3 Å². The summed E-state index contributed by atoms with van der Waals surface area (Å²) in [5.41, 5.74) is 0. The predicted molar refractivity (Wildman–Crippen MR) is 85.5 cm³/mol. The van der Waals surface area contributed by atoms with Crippen molar-refractivity contribution < 1.29 is 9.53 Å². The van der Waals surface area contributed by atoms with Crippen LogP contribution in [0.4, 0.5) is 4.79 Å². The molecule has 22 heavy (non-hydrogen) atoms. The fourth-order valence-corrected chi connectivity index (χ4v) is 4.03. The molecule has 122 valence electrons. The van der Waals surface area contributed by atoms with E-state index in [-0.39, 0.29) is 18.2 Å². The number of urea groups is 1. The summed E-state index contributed by atoms with van der Waals surface area (Å²) < 4.78 is 5.64. The quantitative estimate of drug-likeness (QED) is 0.799. The first-order valence-electron chi connectivity index (χ1n) is 8.62. The Labute approximate surface area is 133 Å². The molecule has 3 atom stereocenters. The van der Waals surface area contributed by atoms with E-state index < -0.39 is 0 Å². The minimum Gasteiger partial charge on any atom is -0.376 e. The number of rotatable bonds is 4. The van der Waals surface area contributed by atoms with E-state index in [1.807, 2.05) is 0 Å². The molecule has 0 bridgehead atoms. The predicted octanol–water partition coefficient (Wildman–Crippen LogP) is 1.44. The van der Waals surface area contributed by atoms with Gasteiger partial charge in [0.2, 0.25) is 0 Å². The van der Waals surface area contributed by atoms with Gasteiger partial charge in [-0.2, -0.15) is 0 Å². The Kier molecular flexibility index (Phi) is 5.22. The molecule has 0 aromatic heterocycles. The molecule has 0 aromatic rings. The monoisotopic (exact) mass is 305 g/mol. The lowest BCUT2D eigenvalue weighted by molar-refractivity contribution is 0.0834. The average Bonchev–Trinajstić information content (AvgIpc) is 3.17. The van der Waals surface area contributed by atoms with Crippen LogP contribution in [0.1, 0.15) is 38.5 Å². The Morgan fingerprint density at radius 2 is 2.18 bits per heavy atom. The van der Waals surface area contributed by atoms with Crippen molar-refractivity contribution in [3.05, 3.63) is 0 Å². The molecule has 0 aliphatic carbocycles. The fourth-order valence-electron chi connectivity index (χ4n) is 4.03. The topological polar surface area (TPSA) is 44.8 Å². The molecule has 3 saturated heterocycles. The summed E-state index contributed by atoms with van der Waals surface area (Å²) in [5.74, 6) is 2.60. The van der Waals surface area contributed by atoms with Crippen LogP contribution in [0.5, 0.6) is 0 Å². The Bertz CT molecular complexity index is 428. The summed E-state index contributed by atoms with van der Waals surface area (Å²) >= 11 is 0. The number of nitrogens with one attached hydrogen (secondary N) is 1. The van der Waals surface area contributed by atoms with Crippen LogP contribution in [0.2, 0.25) is 0 Å². The highest BCUT2D eigenvalue weighted by atomic mass is 16.5. The van der Waals surface area contributed by atoms with Crippen molar-refractivity contribution in [3.8, 4) is 12.3 Å².